The molecule has 8 nitrogen and oxygen atoms in total. The van der Waals surface area contributed by atoms with Gasteiger partial charge in [0.25, 0.3) is 0 Å². The molecular formula is C19H24Cl2N4O4. The number of amides is 1. The summed E-state index contributed by atoms with van der Waals surface area (Å²) in [5, 5.41) is 2.74. The Hall–Kier alpha value is -2.52. The number of carbonyl (C=O) groups excluding carboxylic acids is 1. The molecule has 1 amide bonds. The molecule has 0 aliphatic rings. The lowest BCUT2D eigenvalue weighted by atomic mass is 10.2. The minimum Gasteiger partial charge on any atom is -0.493 e. The van der Waals surface area contributed by atoms with Crippen LogP contribution in [0.25, 0.3) is 5.65 Å². The first kappa shape index (κ1) is 24.5. The van der Waals surface area contributed by atoms with Crippen molar-refractivity contribution in [2.75, 3.05) is 26.1 Å². The molecule has 0 aliphatic carbocycles. The highest BCUT2D eigenvalue weighted by atomic mass is 35.5. The monoisotopic (exact) mass is 442 g/mol. The van der Waals surface area contributed by atoms with Crippen LogP contribution in [0.2, 0.25) is 0 Å². The van der Waals surface area contributed by atoms with Crippen LogP contribution in [0.3, 0.4) is 0 Å². The number of methoxy groups -OCH3 is 2. The molecule has 0 bridgehead atoms. The Bertz CT molecular complexity index is 902. The van der Waals surface area contributed by atoms with Gasteiger partial charge < -0.3 is 29.7 Å². The Morgan fingerprint density at radius 2 is 2.00 bits per heavy atom. The molecule has 3 aromatic rings. The van der Waals surface area contributed by atoms with Gasteiger partial charge in [0, 0.05) is 31.3 Å². The number of hydrogen-bond acceptors (Lipinski definition) is 6. The molecular weight excluding hydrogens is 419 g/mol. The van der Waals surface area contributed by atoms with Crippen molar-refractivity contribution in [2.24, 2.45) is 5.73 Å². The standard InChI is InChI=1S/C19H22N4O4.2ClH/c1-25-12-15(20)19(24)22-13-6-7-16(26-2)17(9-13)27-11-14-10-23-8-4-3-5-18(23)21-14;;/h3-10,15H,11-12,20H2,1-2H3,(H,22,24);2*1H. The van der Waals surface area contributed by atoms with E-state index in [-0.39, 0.29) is 43.9 Å². The third-order valence-electron chi connectivity index (χ3n) is 3.90. The zero-order chi connectivity index (χ0) is 19.2. The summed E-state index contributed by atoms with van der Waals surface area (Å²) >= 11 is 0. The number of nitrogens with two attached hydrogens (primary N) is 1. The van der Waals surface area contributed by atoms with Crippen LogP contribution in [0.5, 0.6) is 11.5 Å². The second kappa shape index (κ2) is 11.5. The molecule has 0 fully saturated rings. The van der Waals surface area contributed by atoms with Crippen molar-refractivity contribution in [3.05, 3.63) is 54.5 Å². The van der Waals surface area contributed by atoms with Crippen LogP contribution in [-0.4, -0.2) is 42.2 Å². The summed E-state index contributed by atoms with van der Waals surface area (Å²) < 4.78 is 18.0. The van der Waals surface area contributed by atoms with Crippen LogP contribution in [0, 0.1) is 0 Å². The van der Waals surface area contributed by atoms with E-state index >= 15 is 0 Å². The summed E-state index contributed by atoms with van der Waals surface area (Å²) in [5.74, 6) is 0.707. The number of nitrogens with zero attached hydrogens (tertiary/aromatic N) is 2. The van der Waals surface area contributed by atoms with E-state index in [0.717, 1.165) is 11.3 Å². The quantitative estimate of drug-likeness (QED) is 0.556. The second-order valence-electron chi connectivity index (χ2n) is 5.90. The Morgan fingerprint density at radius 3 is 2.69 bits per heavy atom. The number of pyridine rings is 1. The van der Waals surface area contributed by atoms with Crippen LogP contribution in [-0.2, 0) is 16.1 Å². The Kier molecular flexibility index (Phi) is 9.70. The molecule has 3 N–H and O–H groups in total. The molecule has 0 aliphatic heterocycles. The SMILES string of the molecule is COCC(N)C(=O)Nc1ccc(OC)c(OCc2cn3ccccc3n2)c1.Cl.Cl. The molecule has 0 radical (unpaired) electrons. The summed E-state index contributed by atoms with van der Waals surface area (Å²) in [5.41, 5.74) is 7.91. The van der Waals surface area contributed by atoms with E-state index in [2.05, 4.69) is 10.3 Å². The predicted octanol–water partition coefficient (Wildman–Crippen LogP) is 2.68. The fraction of sp³-hybridized carbons (Fsp3) is 0.263. The minimum atomic E-state index is -0.751. The highest BCUT2D eigenvalue weighted by molar-refractivity contribution is 5.95. The third kappa shape index (κ3) is 6.23. The van der Waals surface area contributed by atoms with Crippen molar-refractivity contribution in [3.63, 3.8) is 0 Å². The Morgan fingerprint density at radius 1 is 1.21 bits per heavy atom. The van der Waals surface area contributed by atoms with E-state index in [1.165, 1.54) is 7.11 Å². The first-order valence-corrected chi connectivity index (χ1v) is 8.39. The van der Waals surface area contributed by atoms with E-state index in [1.807, 2.05) is 35.0 Å². The van der Waals surface area contributed by atoms with Gasteiger partial charge in [0.2, 0.25) is 5.91 Å². The second-order valence-corrected chi connectivity index (χ2v) is 5.90. The van der Waals surface area contributed by atoms with Crippen molar-refractivity contribution in [3.8, 4) is 11.5 Å². The lowest BCUT2D eigenvalue weighted by Crippen LogP contribution is -2.39. The summed E-state index contributed by atoms with van der Waals surface area (Å²) in [6, 6.07) is 10.2. The Balaban J connectivity index is 0.00000210. The maximum Gasteiger partial charge on any atom is 0.243 e. The summed E-state index contributed by atoms with van der Waals surface area (Å²) in [7, 11) is 3.05. The van der Waals surface area contributed by atoms with Gasteiger partial charge in [-0.2, -0.15) is 0 Å². The molecule has 2 aromatic heterocycles. The van der Waals surface area contributed by atoms with Crippen LogP contribution in [0.4, 0.5) is 5.69 Å². The lowest BCUT2D eigenvalue weighted by Gasteiger charge is -2.14. The maximum absolute atomic E-state index is 12.0. The molecule has 1 atom stereocenters. The number of nitrogens with one attached hydrogen (secondary N) is 1. The number of halogens is 2. The third-order valence-corrected chi connectivity index (χ3v) is 3.90. The van der Waals surface area contributed by atoms with E-state index in [9.17, 15) is 4.79 Å². The predicted molar refractivity (Wildman–Crippen MR) is 115 cm³/mol. The molecule has 3 rings (SSSR count). The van der Waals surface area contributed by atoms with Crippen LogP contribution < -0.4 is 20.5 Å². The van der Waals surface area contributed by atoms with Gasteiger partial charge in [-0.05, 0) is 24.3 Å². The van der Waals surface area contributed by atoms with E-state index in [0.29, 0.717) is 17.2 Å². The highest BCUT2D eigenvalue weighted by Crippen LogP contribution is 2.31. The minimum absolute atomic E-state index is 0. The smallest absolute Gasteiger partial charge is 0.243 e. The fourth-order valence-electron chi connectivity index (χ4n) is 2.57. The number of hydrogen-bond donors (Lipinski definition) is 2. The number of ether oxygens (including phenoxy) is 3. The number of benzene rings is 1. The average molecular weight is 443 g/mol. The van der Waals surface area contributed by atoms with Crippen LogP contribution in [0.15, 0.2) is 48.8 Å². The van der Waals surface area contributed by atoms with Crippen molar-refractivity contribution in [1.29, 1.82) is 0 Å². The van der Waals surface area contributed by atoms with Gasteiger partial charge in [0.15, 0.2) is 11.5 Å². The number of fused-ring (bicyclic) bond motifs is 1. The average Bonchev–Trinajstić information content (AvgIpc) is 3.09. The number of rotatable bonds is 8. The van der Waals surface area contributed by atoms with Gasteiger partial charge in [-0.3, -0.25) is 4.79 Å². The first-order valence-electron chi connectivity index (χ1n) is 8.39. The largest absolute Gasteiger partial charge is 0.493 e. The zero-order valence-electron chi connectivity index (χ0n) is 16.0. The number of carbonyl (C=O) groups is 1. The Labute approximate surface area is 181 Å². The number of imidazole rings is 1. The molecule has 1 unspecified atom stereocenters. The maximum atomic E-state index is 12.0. The first-order chi connectivity index (χ1) is 13.1. The van der Waals surface area contributed by atoms with E-state index < -0.39 is 6.04 Å². The number of anilines is 1. The van der Waals surface area contributed by atoms with Gasteiger partial charge >= 0.3 is 0 Å². The van der Waals surface area contributed by atoms with E-state index in [1.54, 1.807) is 25.3 Å². The molecule has 1 aromatic carbocycles. The van der Waals surface area contributed by atoms with Crippen molar-refractivity contribution in [2.45, 2.75) is 12.6 Å². The molecule has 0 saturated heterocycles. The molecule has 29 heavy (non-hydrogen) atoms. The fourth-order valence-corrected chi connectivity index (χ4v) is 2.57. The summed E-state index contributed by atoms with van der Waals surface area (Å²) in [6.45, 7) is 0.401. The molecule has 0 spiro atoms. The lowest BCUT2D eigenvalue weighted by molar-refractivity contribution is -0.118. The van der Waals surface area contributed by atoms with E-state index in [4.69, 9.17) is 19.9 Å². The highest BCUT2D eigenvalue weighted by Gasteiger charge is 2.15. The van der Waals surface area contributed by atoms with Crippen molar-refractivity contribution in [1.82, 2.24) is 9.38 Å². The molecule has 158 valence electrons. The van der Waals surface area contributed by atoms with Gasteiger partial charge in [-0.15, -0.1) is 24.8 Å². The zero-order valence-corrected chi connectivity index (χ0v) is 17.7. The van der Waals surface area contributed by atoms with Crippen molar-refractivity contribution < 1.29 is 19.0 Å². The summed E-state index contributed by atoms with van der Waals surface area (Å²) in [6.07, 6.45) is 3.82. The molecule has 10 heteroatoms. The van der Waals surface area contributed by atoms with Crippen LogP contribution >= 0.6 is 24.8 Å². The van der Waals surface area contributed by atoms with Gasteiger partial charge in [0.1, 0.15) is 18.3 Å². The van der Waals surface area contributed by atoms with Crippen molar-refractivity contribution >= 4 is 42.1 Å². The topological polar surface area (TPSA) is 100 Å². The van der Waals surface area contributed by atoms with Crippen LogP contribution in [0.1, 0.15) is 5.69 Å². The normalized spacial score (nSPS) is 11.1. The van der Waals surface area contributed by atoms with Gasteiger partial charge in [0.05, 0.1) is 19.4 Å². The van der Waals surface area contributed by atoms with Gasteiger partial charge in [-0.25, -0.2) is 4.98 Å². The van der Waals surface area contributed by atoms with Gasteiger partial charge in [-0.1, -0.05) is 6.07 Å². The summed E-state index contributed by atoms with van der Waals surface area (Å²) in [4.78, 5) is 16.5. The number of aromatic nitrogens is 2. The molecule has 0 saturated carbocycles. The molecule has 2 heterocycles.